The van der Waals surface area contributed by atoms with E-state index in [0.717, 1.165) is 0 Å². The summed E-state index contributed by atoms with van der Waals surface area (Å²) in [6.45, 7) is 1.02. The number of furan rings is 1. The summed E-state index contributed by atoms with van der Waals surface area (Å²) in [6, 6.07) is 4.57. The lowest BCUT2D eigenvalue weighted by molar-refractivity contribution is -0.183. The van der Waals surface area contributed by atoms with Gasteiger partial charge in [0.15, 0.2) is 5.76 Å². The first kappa shape index (κ1) is 20.8. The molecule has 0 aliphatic carbocycles. The van der Waals surface area contributed by atoms with Crippen LogP contribution < -0.4 is 10.6 Å². The average molecular weight is 412 g/mol. The molecular weight excluding hydrogens is 394 g/mol. The van der Waals surface area contributed by atoms with Gasteiger partial charge in [-0.25, -0.2) is 0 Å². The van der Waals surface area contributed by atoms with E-state index >= 15 is 0 Å². The number of fused-ring (bicyclic) bond motifs is 1. The summed E-state index contributed by atoms with van der Waals surface area (Å²) in [5.41, 5.74) is 0.448. The molecule has 1 aliphatic heterocycles. The van der Waals surface area contributed by atoms with Gasteiger partial charge in [0.25, 0.3) is 5.91 Å². The zero-order valence-corrected chi connectivity index (χ0v) is 15.2. The van der Waals surface area contributed by atoms with Gasteiger partial charge < -0.3 is 15.1 Å². The van der Waals surface area contributed by atoms with Crippen LogP contribution in [0.25, 0.3) is 11.0 Å². The number of carbonyl (C=O) groups excluding carboxylic acids is 1. The standard InChI is InChI=1S/C16H17ClF3N3O2.ClH/c17-11-1-2-12-10(7-11)8-13(25-12)15(24)22-9-14(16(18,19)20)23-5-3-21-4-6-23;/h1-2,7-8,14,21H,3-6,9H2,(H,22,24);1H. The van der Waals surface area contributed by atoms with Gasteiger partial charge >= 0.3 is 6.18 Å². The van der Waals surface area contributed by atoms with Crippen LogP contribution in [0.2, 0.25) is 5.02 Å². The highest BCUT2D eigenvalue weighted by Crippen LogP contribution is 2.26. The molecule has 1 unspecified atom stereocenters. The number of hydrogen-bond donors (Lipinski definition) is 2. The van der Waals surface area contributed by atoms with E-state index in [4.69, 9.17) is 16.0 Å². The van der Waals surface area contributed by atoms with E-state index in [1.54, 1.807) is 18.2 Å². The summed E-state index contributed by atoms with van der Waals surface area (Å²) in [7, 11) is 0. The molecule has 1 atom stereocenters. The molecule has 144 valence electrons. The van der Waals surface area contributed by atoms with E-state index in [9.17, 15) is 18.0 Å². The fourth-order valence-corrected chi connectivity index (χ4v) is 3.03. The normalized spacial score (nSPS) is 16.9. The van der Waals surface area contributed by atoms with Crippen LogP contribution in [0.1, 0.15) is 10.6 Å². The first-order valence-electron chi connectivity index (χ1n) is 7.83. The number of rotatable bonds is 4. The van der Waals surface area contributed by atoms with Crippen molar-refractivity contribution in [3.63, 3.8) is 0 Å². The third kappa shape index (κ3) is 4.82. The van der Waals surface area contributed by atoms with Crippen molar-refractivity contribution >= 4 is 40.9 Å². The van der Waals surface area contributed by atoms with Gasteiger partial charge in [-0.2, -0.15) is 13.2 Å². The molecule has 3 rings (SSSR count). The minimum atomic E-state index is -4.42. The van der Waals surface area contributed by atoms with Crippen LogP contribution in [0.15, 0.2) is 28.7 Å². The Morgan fingerprint density at radius 1 is 1.31 bits per heavy atom. The summed E-state index contributed by atoms with van der Waals surface area (Å²) >= 11 is 5.87. The van der Waals surface area contributed by atoms with Crippen LogP contribution in [-0.4, -0.2) is 55.7 Å². The van der Waals surface area contributed by atoms with Crippen LogP contribution in [-0.2, 0) is 0 Å². The van der Waals surface area contributed by atoms with Gasteiger partial charge in [-0.3, -0.25) is 9.69 Å². The minimum Gasteiger partial charge on any atom is -0.451 e. The predicted octanol–water partition coefficient (Wildman–Crippen LogP) is 3.07. The molecule has 2 N–H and O–H groups in total. The molecule has 1 saturated heterocycles. The maximum Gasteiger partial charge on any atom is 0.405 e. The summed E-state index contributed by atoms with van der Waals surface area (Å²) in [6.07, 6.45) is -4.42. The summed E-state index contributed by atoms with van der Waals surface area (Å²) < 4.78 is 45.3. The van der Waals surface area contributed by atoms with E-state index in [1.807, 2.05) is 0 Å². The first-order valence-corrected chi connectivity index (χ1v) is 8.21. The van der Waals surface area contributed by atoms with Crippen molar-refractivity contribution in [1.82, 2.24) is 15.5 Å². The van der Waals surface area contributed by atoms with Crippen molar-refractivity contribution in [3.8, 4) is 0 Å². The van der Waals surface area contributed by atoms with Crippen LogP contribution >= 0.6 is 24.0 Å². The lowest BCUT2D eigenvalue weighted by Crippen LogP contribution is -2.57. The van der Waals surface area contributed by atoms with Crippen molar-refractivity contribution in [2.24, 2.45) is 0 Å². The number of hydrogen-bond acceptors (Lipinski definition) is 4. The quantitative estimate of drug-likeness (QED) is 0.811. The Kier molecular flexibility index (Phi) is 6.79. The Hall–Kier alpha value is -1.48. The largest absolute Gasteiger partial charge is 0.451 e. The van der Waals surface area contributed by atoms with Crippen LogP contribution in [0, 0.1) is 0 Å². The van der Waals surface area contributed by atoms with Crippen molar-refractivity contribution in [2.75, 3.05) is 32.7 Å². The zero-order valence-electron chi connectivity index (χ0n) is 13.6. The summed E-state index contributed by atoms with van der Waals surface area (Å²) in [5, 5.41) is 6.44. The van der Waals surface area contributed by atoms with Gasteiger partial charge in [0, 0.05) is 43.1 Å². The lowest BCUT2D eigenvalue weighted by atomic mass is 10.2. The van der Waals surface area contributed by atoms with E-state index in [1.165, 1.54) is 11.0 Å². The molecule has 1 aromatic heterocycles. The fourth-order valence-electron chi connectivity index (χ4n) is 2.85. The molecule has 0 radical (unpaired) electrons. The van der Waals surface area contributed by atoms with Gasteiger partial charge in [0.2, 0.25) is 0 Å². The molecule has 2 aromatic rings. The minimum absolute atomic E-state index is 0. The number of alkyl halides is 3. The topological polar surface area (TPSA) is 57.5 Å². The number of amides is 1. The fraction of sp³-hybridized carbons (Fsp3) is 0.438. The maximum absolute atomic E-state index is 13.3. The molecule has 1 aromatic carbocycles. The molecule has 2 heterocycles. The second-order valence-corrected chi connectivity index (χ2v) is 6.28. The van der Waals surface area contributed by atoms with Gasteiger partial charge in [0.05, 0.1) is 0 Å². The molecule has 1 amide bonds. The predicted molar refractivity (Wildman–Crippen MR) is 95.1 cm³/mol. The van der Waals surface area contributed by atoms with Crippen LogP contribution in [0.4, 0.5) is 13.2 Å². The Bertz CT molecular complexity index is 761. The monoisotopic (exact) mass is 411 g/mol. The molecule has 0 spiro atoms. The molecule has 1 fully saturated rings. The second-order valence-electron chi connectivity index (χ2n) is 5.85. The smallest absolute Gasteiger partial charge is 0.405 e. The highest BCUT2D eigenvalue weighted by Gasteiger charge is 2.43. The van der Waals surface area contributed by atoms with E-state index in [0.29, 0.717) is 29.1 Å². The van der Waals surface area contributed by atoms with Crippen molar-refractivity contribution in [3.05, 3.63) is 35.0 Å². The van der Waals surface area contributed by atoms with Gasteiger partial charge in [-0.1, -0.05) is 11.6 Å². The zero-order chi connectivity index (χ0) is 18.0. The van der Waals surface area contributed by atoms with E-state index in [2.05, 4.69) is 10.6 Å². The van der Waals surface area contributed by atoms with E-state index < -0.39 is 24.7 Å². The van der Waals surface area contributed by atoms with Gasteiger partial charge in [-0.05, 0) is 24.3 Å². The molecule has 26 heavy (non-hydrogen) atoms. The second kappa shape index (κ2) is 8.47. The molecule has 0 bridgehead atoms. The van der Waals surface area contributed by atoms with Crippen LogP contribution in [0.3, 0.4) is 0 Å². The van der Waals surface area contributed by atoms with Crippen LogP contribution in [0.5, 0.6) is 0 Å². The number of nitrogens with one attached hydrogen (secondary N) is 2. The lowest BCUT2D eigenvalue weighted by Gasteiger charge is -2.35. The Labute approximate surface area is 159 Å². The van der Waals surface area contributed by atoms with Crippen molar-refractivity contribution in [2.45, 2.75) is 12.2 Å². The highest BCUT2D eigenvalue weighted by atomic mass is 35.5. The number of piperazine rings is 1. The number of halogens is 5. The third-order valence-electron chi connectivity index (χ3n) is 4.13. The van der Waals surface area contributed by atoms with Gasteiger partial charge in [-0.15, -0.1) is 12.4 Å². The molecule has 0 saturated carbocycles. The van der Waals surface area contributed by atoms with Gasteiger partial charge in [0.1, 0.15) is 11.6 Å². The SMILES string of the molecule is Cl.O=C(NCC(N1CCNCC1)C(F)(F)F)c1cc2cc(Cl)ccc2o1. The third-order valence-corrected chi connectivity index (χ3v) is 4.36. The molecular formula is C16H18Cl2F3N3O2. The Morgan fingerprint density at radius 3 is 2.65 bits per heavy atom. The number of benzene rings is 1. The average Bonchev–Trinajstić information content (AvgIpc) is 2.98. The highest BCUT2D eigenvalue weighted by molar-refractivity contribution is 6.31. The Balaban J connectivity index is 0.00000243. The number of nitrogens with zero attached hydrogens (tertiary/aromatic N) is 1. The van der Waals surface area contributed by atoms with Crippen molar-refractivity contribution < 1.29 is 22.4 Å². The molecule has 1 aliphatic rings. The maximum atomic E-state index is 13.3. The number of carbonyl (C=O) groups is 1. The van der Waals surface area contributed by atoms with Crippen molar-refractivity contribution in [1.29, 1.82) is 0 Å². The molecule has 10 heteroatoms. The Morgan fingerprint density at radius 2 is 2.00 bits per heavy atom. The summed E-state index contributed by atoms with van der Waals surface area (Å²) in [5.74, 6) is -0.727. The first-order chi connectivity index (χ1) is 11.8. The van der Waals surface area contributed by atoms with E-state index in [-0.39, 0.29) is 31.3 Å². The summed E-state index contributed by atoms with van der Waals surface area (Å²) in [4.78, 5) is 13.5. The molecule has 5 nitrogen and oxygen atoms in total.